The molecule has 7 rings (SSSR count). The lowest BCUT2D eigenvalue weighted by molar-refractivity contribution is 0.756. The number of nitrogens with zero attached hydrogens (tertiary/aromatic N) is 2. The zero-order valence-electron chi connectivity index (χ0n) is 23.1. The Hall–Kier alpha value is -5.54. The van der Waals surface area contributed by atoms with E-state index < -0.39 is 0 Å². The van der Waals surface area contributed by atoms with Crippen LogP contribution in [0.25, 0.3) is 33.4 Å². The van der Waals surface area contributed by atoms with Crippen molar-refractivity contribution in [2.75, 3.05) is 0 Å². The Morgan fingerprint density at radius 1 is 0.333 bits per heavy atom. The van der Waals surface area contributed by atoms with Crippen molar-refractivity contribution in [2.45, 2.75) is 6.17 Å². The van der Waals surface area contributed by atoms with E-state index in [0.717, 1.165) is 45.1 Å². The average Bonchev–Trinajstić information content (AvgIpc) is 3.09. The molecule has 0 spiro atoms. The molecule has 1 aliphatic heterocycles. The van der Waals surface area contributed by atoms with Crippen LogP contribution in [-0.4, -0.2) is 11.7 Å². The van der Waals surface area contributed by atoms with Crippen LogP contribution in [0.15, 0.2) is 174 Å². The van der Waals surface area contributed by atoms with E-state index in [-0.39, 0.29) is 6.17 Å². The molecule has 0 unspecified atom stereocenters. The zero-order chi connectivity index (χ0) is 28.1. The Kier molecular flexibility index (Phi) is 6.97. The maximum absolute atomic E-state index is 5.17. The number of hydrogen-bond acceptors (Lipinski definition) is 3. The number of aliphatic imine (C=N–C) groups is 2. The molecule has 1 heterocycles. The van der Waals surface area contributed by atoms with Gasteiger partial charge in [0.1, 0.15) is 11.7 Å². The average molecular weight is 540 g/mol. The van der Waals surface area contributed by atoms with Crippen LogP contribution in [0.5, 0.6) is 0 Å². The van der Waals surface area contributed by atoms with Crippen LogP contribution < -0.4 is 5.32 Å². The number of rotatable bonds is 6. The minimum absolute atomic E-state index is 0.388. The summed E-state index contributed by atoms with van der Waals surface area (Å²) in [5.74, 6) is 1.61. The van der Waals surface area contributed by atoms with Gasteiger partial charge in [-0.1, -0.05) is 146 Å². The molecule has 3 heteroatoms. The second kappa shape index (κ2) is 11.5. The first-order chi connectivity index (χ1) is 20.8. The molecule has 6 aromatic rings. The summed E-state index contributed by atoms with van der Waals surface area (Å²) < 4.78 is 0. The van der Waals surface area contributed by atoms with Gasteiger partial charge in [0.2, 0.25) is 0 Å². The van der Waals surface area contributed by atoms with Gasteiger partial charge in [-0.2, -0.15) is 0 Å². The number of benzene rings is 6. The summed E-state index contributed by atoms with van der Waals surface area (Å²) in [4.78, 5) is 10.3. The Morgan fingerprint density at radius 2 is 0.690 bits per heavy atom. The Morgan fingerprint density at radius 3 is 1.14 bits per heavy atom. The fourth-order valence-corrected chi connectivity index (χ4v) is 5.36. The summed E-state index contributed by atoms with van der Waals surface area (Å²) in [6.45, 7) is 0. The van der Waals surface area contributed by atoms with E-state index in [9.17, 15) is 0 Å². The predicted octanol–water partition coefficient (Wildman–Crippen LogP) is 9.18. The van der Waals surface area contributed by atoms with Gasteiger partial charge < -0.3 is 5.32 Å². The fraction of sp³-hybridized carbons (Fsp3) is 0.0256. The number of nitrogens with one attached hydrogen (secondary N) is 1. The molecule has 6 aromatic carbocycles. The second-order valence-electron chi connectivity index (χ2n) is 10.3. The minimum Gasteiger partial charge on any atom is -0.324 e. The van der Waals surface area contributed by atoms with Gasteiger partial charge in [0.25, 0.3) is 0 Å². The highest BCUT2D eigenvalue weighted by Gasteiger charge is 2.21. The molecule has 0 fully saturated rings. The molecular formula is C39H29N3. The SMILES string of the molecule is c1ccc(-c2cccc(C3=NC(c4cccc(-c5ccccc5)c4)N=C(c4cccc(-c5ccccc5)c4)N3)c2)cc1. The van der Waals surface area contributed by atoms with Gasteiger partial charge in [-0.05, 0) is 57.1 Å². The maximum Gasteiger partial charge on any atom is 0.169 e. The molecule has 0 aliphatic carbocycles. The normalized spacial score (nSPS) is 13.1. The fourth-order valence-electron chi connectivity index (χ4n) is 5.36. The molecule has 1 N–H and O–H groups in total. The Labute approximate surface area is 246 Å². The predicted molar refractivity (Wildman–Crippen MR) is 175 cm³/mol. The van der Waals surface area contributed by atoms with Crippen molar-refractivity contribution < 1.29 is 0 Å². The van der Waals surface area contributed by atoms with Crippen LogP contribution in [0.2, 0.25) is 0 Å². The Balaban J connectivity index is 1.32. The molecule has 3 nitrogen and oxygen atoms in total. The lowest BCUT2D eigenvalue weighted by Crippen LogP contribution is -2.36. The van der Waals surface area contributed by atoms with E-state index in [2.05, 4.69) is 151 Å². The lowest BCUT2D eigenvalue weighted by Gasteiger charge is -2.23. The van der Waals surface area contributed by atoms with Crippen molar-refractivity contribution in [2.24, 2.45) is 9.98 Å². The van der Waals surface area contributed by atoms with E-state index in [0.29, 0.717) is 0 Å². The van der Waals surface area contributed by atoms with E-state index in [1.807, 2.05) is 18.2 Å². The minimum atomic E-state index is -0.388. The Bertz CT molecular complexity index is 1790. The summed E-state index contributed by atoms with van der Waals surface area (Å²) in [6, 6.07) is 57.0. The van der Waals surface area contributed by atoms with Crippen molar-refractivity contribution in [1.82, 2.24) is 5.32 Å². The largest absolute Gasteiger partial charge is 0.324 e. The summed E-state index contributed by atoms with van der Waals surface area (Å²) in [5.41, 5.74) is 10.1. The molecule has 0 saturated carbocycles. The smallest absolute Gasteiger partial charge is 0.169 e. The van der Waals surface area contributed by atoms with Crippen LogP contribution in [0.3, 0.4) is 0 Å². The van der Waals surface area contributed by atoms with Crippen LogP contribution in [-0.2, 0) is 0 Å². The quantitative estimate of drug-likeness (QED) is 0.225. The summed E-state index contributed by atoms with van der Waals surface area (Å²) >= 11 is 0. The molecule has 0 atom stereocenters. The van der Waals surface area contributed by atoms with Crippen LogP contribution >= 0.6 is 0 Å². The second-order valence-corrected chi connectivity index (χ2v) is 10.3. The molecule has 0 amide bonds. The first kappa shape index (κ1) is 25.4. The van der Waals surface area contributed by atoms with E-state index >= 15 is 0 Å². The van der Waals surface area contributed by atoms with Crippen LogP contribution in [0, 0.1) is 0 Å². The summed E-state index contributed by atoms with van der Waals surface area (Å²) in [5, 5.41) is 3.59. The van der Waals surface area contributed by atoms with Crippen molar-refractivity contribution in [1.29, 1.82) is 0 Å². The number of hydrogen-bond donors (Lipinski definition) is 1. The maximum atomic E-state index is 5.17. The van der Waals surface area contributed by atoms with Crippen molar-refractivity contribution >= 4 is 11.7 Å². The summed E-state index contributed by atoms with van der Waals surface area (Å²) in [7, 11) is 0. The third-order valence-electron chi connectivity index (χ3n) is 7.52. The van der Waals surface area contributed by atoms with Crippen molar-refractivity contribution in [3.8, 4) is 33.4 Å². The highest BCUT2D eigenvalue weighted by Crippen LogP contribution is 2.30. The van der Waals surface area contributed by atoms with Crippen LogP contribution in [0.1, 0.15) is 22.9 Å². The highest BCUT2D eigenvalue weighted by molar-refractivity contribution is 6.16. The van der Waals surface area contributed by atoms with Crippen molar-refractivity contribution in [3.05, 3.63) is 180 Å². The van der Waals surface area contributed by atoms with Gasteiger partial charge >= 0.3 is 0 Å². The molecular weight excluding hydrogens is 510 g/mol. The van der Waals surface area contributed by atoms with Gasteiger partial charge in [-0.15, -0.1) is 0 Å². The number of amidine groups is 2. The van der Waals surface area contributed by atoms with Gasteiger partial charge in [-0.3, -0.25) is 0 Å². The first-order valence-corrected chi connectivity index (χ1v) is 14.2. The third-order valence-corrected chi connectivity index (χ3v) is 7.52. The van der Waals surface area contributed by atoms with E-state index in [1.54, 1.807) is 0 Å². The molecule has 0 radical (unpaired) electrons. The van der Waals surface area contributed by atoms with E-state index in [4.69, 9.17) is 9.98 Å². The van der Waals surface area contributed by atoms with E-state index in [1.165, 1.54) is 16.7 Å². The molecule has 0 saturated heterocycles. The summed E-state index contributed by atoms with van der Waals surface area (Å²) in [6.07, 6.45) is -0.388. The standard InChI is InChI=1S/C39H29N3/c1-4-13-28(14-5-1)31-19-10-22-34(25-31)37-40-38(35-23-11-20-32(26-35)29-15-6-2-7-16-29)42-39(41-37)36-24-12-21-33(27-36)30-17-8-3-9-18-30/h1-27,37H,(H,40,41,42). The highest BCUT2D eigenvalue weighted by atomic mass is 15.2. The molecule has 200 valence electrons. The zero-order valence-corrected chi connectivity index (χ0v) is 23.1. The van der Waals surface area contributed by atoms with Gasteiger partial charge in [-0.25, -0.2) is 9.98 Å². The van der Waals surface area contributed by atoms with Gasteiger partial charge in [0.05, 0.1) is 0 Å². The van der Waals surface area contributed by atoms with Crippen molar-refractivity contribution in [3.63, 3.8) is 0 Å². The first-order valence-electron chi connectivity index (χ1n) is 14.2. The molecule has 0 aromatic heterocycles. The third kappa shape index (κ3) is 5.41. The molecule has 0 bridgehead atoms. The molecule has 1 aliphatic rings. The van der Waals surface area contributed by atoms with Gasteiger partial charge in [0.15, 0.2) is 6.17 Å². The monoisotopic (exact) mass is 539 g/mol. The van der Waals surface area contributed by atoms with Crippen LogP contribution in [0.4, 0.5) is 0 Å². The topological polar surface area (TPSA) is 36.8 Å². The van der Waals surface area contributed by atoms with Gasteiger partial charge in [0, 0.05) is 11.1 Å². The lowest BCUT2D eigenvalue weighted by atomic mass is 10.00. The molecule has 42 heavy (non-hydrogen) atoms.